The highest BCUT2D eigenvalue weighted by Gasteiger charge is 2.60. The molecule has 2 aromatic carbocycles. The summed E-state index contributed by atoms with van der Waals surface area (Å²) in [5.74, 6) is -2.75. The summed E-state index contributed by atoms with van der Waals surface area (Å²) in [6.45, 7) is 1.87. The Morgan fingerprint density at radius 2 is 1.81 bits per heavy atom. The van der Waals surface area contributed by atoms with Gasteiger partial charge in [-0.3, -0.25) is 9.69 Å². The predicted molar refractivity (Wildman–Crippen MR) is 152 cm³/mol. The van der Waals surface area contributed by atoms with Crippen molar-refractivity contribution in [2.45, 2.75) is 62.6 Å². The molecule has 0 bridgehead atoms. The van der Waals surface area contributed by atoms with Gasteiger partial charge < -0.3 is 19.3 Å². The zero-order valence-electron chi connectivity index (χ0n) is 23.6. The van der Waals surface area contributed by atoms with Crippen molar-refractivity contribution in [3.63, 3.8) is 0 Å². The number of aliphatic hydroxyl groups excluding tert-OH is 1. The molecule has 1 unspecified atom stereocenters. The Morgan fingerprint density at radius 3 is 2.38 bits per heavy atom. The van der Waals surface area contributed by atoms with Gasteiger partial charge in [0.05, 0.1) is 12.1 Å². The highest BCUT2D eigenvalue weighted by molar-refractivity contribution is 6.32. The molecule has 0 saturated heterocycles. The van der Waals surface area contributed by atoms with E-state index in [9.17, 15) is 27.9 Å². The number of hydrogen-bond acceptors (Lipinski definition) is 6. The number of fused-ring (bicyclic) bond motifs is 2. The van der Waals surface area contributed by atoms with Crippen LogP contribution >= 0.6 is 23.2 Å². The second-order valence-electron chi connectivity index (χ2n) is 11.2. The first-order valence-corrected chi connectivity index (χ1v) is 14.4. The number of carbonyl (C=O) groups excluding carboxylic acids is 2. The average Bonchev–Trinajstić information content (AvgIpc) is 3.22. The van der Waals surface area contributed by atoms with Crippen molar-refractivity contribution >= 4 is 40.8 Å². The number of ether oxygens (including phenoxy) is 3. The van der Waals surface area contributed by atoms with Crippen molar-refractivity contribution in [2.24, 2.45) is 11.8 Å². The van der Waals surface area contributed by atoms with Crippen LogP contribution in [0.3, 0.4) is 0 Å². The first-order chi connectivity index (χ1) is 19.8. The number of esters is 1. The summed E-state index contributed by atoms with van der Waals surface area (Å²) < 4.78 is 58.0. The molecule has 42 heavy (non-hydrogen) atoms. The second kappa shape index (κ2) is 12.6. The summed E-state index contributed by atoms with van der Waals surface area (Å²) >= 11 is 12.6. The maximum Gasteiger partial charge on any atom is 0.471 e. The number of hydrogen-bond donors (Lipinski definition) is 1. The van der Waals surface area contributed by atoms with Crippen LogP contribution in [0.4, 0.5) is 18.9 Å². The molecule has 4 rings (SSSR count). The molecule has 2 atom stereocenters. The highest BCUT2D eigenvalue weighted by Crippen LogP contribution is 2.58. The van der Waals surface area contributed by atoms with Gasteiger partial charge in [-0.1, -0.05) is 36.2 Å². The van der Waals surface area contributed by atoms with Crippen molar-refractivity contribution in [3.8, 4) is 5.75 Å². The molecule has 2 aliphatic carbocycles. The summed E-state index contributed by atoms with van der Waals surface area (Å²) in [4.78, 5) is 27.0. The standard InChI is InChI=1S/C30H34Cl2F3NO6/c1-18(16-37)11-20-12-19-13-24(32)25(42-17-40-2)15-23(19)28(20)7-9-29(10-8-28,27(39)41-3)36(26(38)30(33,34)35)22-6-4-5-21(31)14-22/h4-6,13-15,18,20,37H,7-12,16-17H2,1-3H3/t18-,20?,28?,29?/m1/s1. The minimum Gasteiger partial charge on any atom is -0.467 e. The van der Waals surface area contributed by atoms with E-state index < -0.39 is 29.0 Å². The zero-order chi connectivity index (χ0) is 30.9. The molecule has 1 amide bonds. The van der Waals surface area contributed by atoms with E-state index in [0.29, 0.717) is 28.5 Å². The van der Waals surface area contributed by atoms with Crippen LogP contribution in [-0.2, 0) is 30.9 Å². The molecular weight excluding hydrogens is 598 g/mol. The molecule has 1 fully saturated rings. The van der Waals surface area contributed by atoms with Gasteiger partial charge >= 0.3 is 18.1 Å². The van der Waals surface area contributed by atoms with Gasteiger partial charge in [0, 0.05) is 24.4 Å². The fourth-order valence-electron chi connectivity index (χ4n) is 6.81. The summed E-state index contributed by atoms with van der Waals surface area (Å²) in [7, 11) is 2.58. The van der Waals surface area contributed by atoms with Crippen LogP contribution < -0.4 is 9.64 Å². The minimum absolute atomic E-state index is 0.00280. The van der Waals surface area contributed by atoms with E-state index in [4.69, 9.17) is 37.4 Å². The maximum atomic E-state index is 14.1. The Balaban J connectivity index is 1.83. The number of rotatable bonds is 9. The van der Waals surface area contributed by atoms with Gasteiger partial charge in [0.15, 0.2) is 6.79 Å². The van der Waals surface area contributed by atoms with Crippen LogP contribution in [0.25, 0.3) is 0 Å². The third kappa shape index (κ3) is 5.96. The summed E-state index contributed by atoms with van der Waals surface area (Å²) in [6.07, 6.45) is -3.65. The fraction of sp³-hybridized carbons (Fsp3) is 0.533. The molecule has 0 aliphatic heterocycles. The third-order valence-electron chi connectivity index (χ3n) is 8.75. The van der Waals surface area contributed by atoms with Gasteiger partial charge in [-0.2, -0.15) is 13.2 Å². The Morgan fingerprint density at radius 1 is 1.12 bits per heavy atom. The highest BCUT2D eigenvalue weighted by atomic mass is 35.5. The Labute approximate surface area is 252 Å². The monoisotopic (exact) mass is 631 g/mol. The molecule has 2 aromatic rings. The number of amides is 1. The molecule has 0 radical (unpaired) electrons. The normalized spacial score (nSPS) is 24.3. The van der Waals surface area contributed by atoms with Gasteiger partial charge in [0.1, 0.15) is 11.3 Å². The van der Waals surface area contributed by atoms with E-state index in [-0.39, 0.29) is 61.6 Å². The molecule has 7 nitrogen and oxygen atoms in total. The number of benzene rings is 2. The van der Waals surface area contributed by atoms with Crippen LogP contribution in [0, 0.1) is 11.8 Å². The lowest BCUT2D eigenvalue weighted by molar-refractivity contribution is -0.174. The van der Waals surface area contributed by atoms with Crippen molar-refractivity contribution in [1.82, 2.24) is 0 Å². The third-order valence-corrected chi connectivity index (χ3v) is 9.28. The fourth-order valence-corrected chi connectivity index (χ4v) is 7.23. The number of aliphatic hydroxyl groups is 1. The lowest BCUT2D eigenvalue weighted by Gasteiger charge is -2.51. The zero-order valence-corrected chi connectivity index (χ0v) is 25.1. The van der Waals surface area contributed by atoms with E-state index in [0.717, 1.165) is 18.2 Å². The largest absolute Gasteiger partial charge is 0.471 e. The second-order valence-corrected chi connectivity index (χ2v) is 12.1. The Bertz CT molecular complexity index is 1310. The SMILES string of the molecule is COCOc1cc2c(cc1Cl)CC(C[C@@H](C)CO)C21CCC(C(=O)OC)(N(C(=O)C(F)(F)F)c2cccc(Cl)c2)CC1. The van der Waals surface area contributed by atoms with Crippen molar-refractivity contribution in [1.29, 1.82) is 0 Å². The molecule has 2 aliphatic rings. The number of methoxy groups -OCH3 is 2. The summed E-state index contributed by atoms with van der Waals surface area (Å²) in [5.41, 5.74) is -0.750. The van der Waals surface area contributed by atoms with Crippen molar-refractivity contribution < 1.29 is 42.1 Å². The lowest BCUT2D eigenvalue weighted by atomic mass is 9.59. The van der Waals surface area contributed by atoms with E-state index in [2.05, 4.69) is 0 Å². The quantitative estimate of drug-likeness (QED) is 0.252. The smallest absolute Gasteiger partial charge is 0.467 e. The molecule has 12 heteroatoms. The number of halogens is 5. The molecule has 0 heterocycles. The van der Waals surface area contributed by atoms with E-state index in [1.54, 1.807) is 0 Å². The molecule has 230 valence electrons. The minimum atomic E-state index is -5.26. The first-order valence-electron chi connectivity index (χ1n) is 13.6. The van der Waals surface area contributed by atoms with Crippen LogP contribution in [0.15, 0.2) is 36.4 Å². The molecular formula is C30H34Cl2F3NO6. The van der Waals surface area contributed by atoms with Gasteiger partial charge in [-0.25, -0.2) is 4.79 Å². The van der Waals surface area contributed by atoms with Gasteiger partial charge in [0.25, 0.3) is 0 Å². The van der Waals surface area contributed by atoms with E-state index in [1.165, 1.54) is 31.4 Å². The average molecular weight is 633 g/mol. The maximum absolute atomic E-state index is 14.1. The van der Waals surface area contributed by atoms with Crippen molar-refractivity contribution in [2.75, 3.05) is 32.5 Å². The van der Waals surface area contributed by atoms with E-state index in [1.807, 2.05) is 19.1 Å². The van der Waals surface area contributed by atoms with E-state index >= 15 is 0 Å². The predicted octanol–water partition coefficient (Wildman–Crippen LogP) is 6.49. The summed E-state index contributed by atoms with van der Waals surface area (Å²) in [6, 6.07) is 9.13. The van der Waals surface area contributed by atoms with Gasteiger partial charge in [0.2, 0.25) is 0 Å². The van der Waals surface area contributed by atoms with Gasteiger partial charge in [-0.05, 0) is 97.2 Å². The lowest BCUT2D eigenvalue weighted by Crippen LogP contribution is -2.63. The Hall–Kier alpha value is -2.53. The number of nitrogens with zero attached hydrogens (tertiary/aromatic N) is 1. The summed E-state index contributed by atoms with van der Waals surface area (Å²) in [5, 5.41) is 10.4. The molecule has 1 N–H and O–H groups in total. The van der Waals surface area contributed by atoms with Gasteiger partial charge in [-0.15, -0.1) is 0 Å². The molecule has 1 spiro atoms. The van der Waals surface area contributed by atoms with Crippen LogP contribution in [0.1, 0.15) is 50.2 Å². The van der Waals surface area contributed by atoms with Crippen molar-refractivity contribution in [3.05, 3.63) is 57.6 Å². The van der Waals surface area contributed by atoms with Crippen LogP contribution in [0.5, 0.6) is 5.75 Å². The number of carbonyl (C=O) groups is 2. The topological polar surface area (TPSA) is 85.3 Å². The molecule has 1 saturated carbocycles. The van der Waals surface area contributed by atoms with Crippen LogP contribution in [0.2, 0.25) is 10.0 Å². The Kier molecular flexibility index (Phi) is 9.72. The first kappa shape index (κ1) is 32.4. The van der Waals surface area contributed by atoms with Crippen LogP contribution in [-0.4, -0.2) is 56.3 Å². The number of alkyl halides is 3. The molecule has 0 aromatic heterocycles. The number of anilines is 1.